The Morgan fingerprint density at radius 2 is 1.78 bits per heavy atom. The minimum Gasteiger partial charge on any atom is -0.505 e. The number of hydrogen-bond donors (Lipinski definition) is 1. The van der Waals surface area contributed by atoms with E-state index in [1.807, 2.05) is 41.1 Å². The number of allylic oxidation sites excluding steroid dienone is 1. The van der Waals surface area contributed by atoms with Crippen molar-refractivity contribution in [3.8, 4) is 16.9 Å². The van der Waals surface area contributed by atoms with E-state index in [1.54, 1.807) is 7.11 Å². The molecule has 1 saturated carbocycles. The lowest BCUT2D eigenvalue weighted by molar-refractivity contribution is -0.128. The van der Waals surface area contributed by atoms with E-state index < -0.39 is 5.54 Å². The predicted octanol–water partition coefficient (Wildman–Crippen LogP) is 4.26. The second-order valence-corrected chi connectivity index (χ2v) is 7.41. The van der Waals surface area contributed by atoms with Crippen molar-refractivity contribution in [2.45, 2.75) is 44.6 Å². The van der Waals surface area contributed by atoms with Crippen molar-refractivity contribution in [1.29, 1.82) is 0 Å². The summed E-state index contributed by atoms with van der Waals surface area (Å²) in [6, 6.07) is 9.52. The monoisotopic (exact) mass is 365 g/mol. The fourth-order valence-electron chi connectivity index (χ4n) is 4.45. The largest absolute Gasteiger partial charge is 0.505 e. The molecule has 1 N–H and O–H groups in total. The van der Waals surface area contributed by atoms with E-state index in [0.29, 0.717) is 18.5 Å². The van der Waals surface area contributed by atoms with Crippen LogP contribution >= 0.6 is 0 Å². The van der Waals surface area contributed by atoms with Crippen LogP contribution in [0.1, 0.15) is 44.7 Å². The summed E-state index contributed by atoms with van der Waals surface area (Å²) in [6.07, 6.45) is 6.29. The van der Waals surface area contributed by atoms with Crippen molar-refractivity contribution in [3.05, 3.63) is 47.8 Å². The number of aliphatic hydroxyl groups is 1. The molecule has 0 amide bonds. The Kier molecular flexibility index (Phi) is 4.17. The molecule has 1 aromatic heterocycles. The Hall–Kier alpha value is -2.82. The van der Waals surface area contributed by atoms with E-state index in [2.05, 4.69) is 0 Å². The van der Waals surface area contributed by atoms with Crippen LogP contribution in [0.15, 0.2) is 42.1 Å². The fourth-order valence-corrected chi connectivity index (χ4v) is 4.45. The van der Waals surface area contributed by atoms with Crippen LogP contribution in [0, 0.1) is 0 Å². The third-order valence-corrected chi connectivity index (χ3v) is 5.87. The quantitative estimate of drug-likeness (QED) is 0.825. The second kappa shape index (κ2) is 6.41. The first-order valence-corrected chi connectivity index (χ1v) is 9.34. The van der Waals surface area contributed by atoms with Crippen LogP contribution in [-0.4, -0.2) is 28.3 Å². The van der Waals surface area contributed by atoms with Gasteiger partial charge in [0.1, 0.15) is 16.9 Å². The number of methoxy groups -OCH3 is 1. The Bertz CT molecular complexity index is 943. The van der Waals surface area contributed by atoms with Gasteiger partial charge in [0, 0.05) is 11.8 Å². The molecule has 1 aromatic carbocycles. The third-order valence-electron chi connectivity index (χ3n) is 5.87. The highest BCUT2D eigenvalue weighted by molar-refractivity contribution is 6.27. The SMILES string of the molecule is COc1ccc(-c2cc3n(c2)C2(CCCCC2)C(=O)C(C(C)=O)=C3O)cc1. The highest BCUT2D eigenvalue weighted by Crippen LogP contribution is 2.45. The van der Waals surface area contributed by atoms with Crippen LogP contribution in [0.2, 0.25) is 0 Å². The van der Waals surface area contributed by atoms with Crippen LogP contribution < -0.4 is 4.74 Å². The maximum Gasteiger partial charge on any atom is 0.196 e. The van der Waals surface area contributed by atoms with Crippen molar-refractivity contribution in [3.63, 3.8) is 0 Å². The number of carbonyl (C=O) groups is 2. The molecule has 5 nitrogen and oxygen atoms in total. The zero-order valence-corrected chi connectivity index (χ0v) is 15.6. The Labute approximate surface area is 158 Å². The summed E-state index contributed by atoms with van der Waals surface area (Å²) < 4.78 is 7.13. The number of fused-ring (bicyclic) bond motifs is 2. The first-order valence-electron chi connectivity index (χ1n) is 9.34. The lowest BCUT2D eigenvalue weighted by Gasteiger charge is -2.41. The molecule has 1 aliphatic carbocycles. The first kappa shape index (κ1) is 17.6. The fraction of sp³-hybridized carbons (Fsp3) is 0.364. The summed E-state index contributed by atoms with van der Waals surface area (Å²) >= 11 is 0. The normalized spacial score (nSPS) is 18.5. The van der Waals surface area contributed by atoms with E-state index in [9.17, 15) is 14.7 Å². The van der Waals surface area contributed by atoms with Crippen LogP contribution in [0.25, 0.3) is 16.9 Å². The summed E-state index contributed by atoms with van der Waals surface area (Å²) in [4.78, 5) is 25.4. The van der Waals surface area contributed by atoms with Gasteiger partial charge in [0.25, 0.3) is 0 Å². The molecule has 1 aliphatic heterocycles. The van der Waals surface area contributed by atoms with Crippen molar-refractivity contribution in [1.82, 2.24) is 4.57 Å². The van der Waals surface area contributed by atoms with Crippen LogP contribution in [0.5, 0.6) is 5.75 Å². The van der Waals surface area contributed by atoms with Crippen LogP contribution in [0.4, 0.5) is 0 Å². The number of ketones is 2. The zero-order valence-electron chi connectivity index (χ0n) is 15.6. The molecule has 2 heterocycles. The number of carbonyl (C=O) groups excluding carboxylic acids is 2. The number of aliphatic hydroxyl groups excluding tert-OH is 1. The average Bonchev–Trinajstić information content (AvgIpc) is 3.14. The summed E-state index contributed by atoms with van der Waals surface area (Å²) in [5.41, 5.74) is 1.61. The van der Waals surface area contributed by atoms with Gasteiger partial charge in [-0.25, -0.2) is 0 Å². The van der Waals surface area contributed by atoms with Gasteiger partial charge in [-0.05, 0) is 43.5 Å². The van der Waals surface area contributed by atoms with Gasteiger partial charge < -0.3 is 14.4 Å². The topological polar surface area (TPSA) is 68.5 Å². The molecule has 0 bridgehead atoms. The highest BCUT2D eigenvalue weighted by atomic mass is 16.5. The molecule has 0 unspecified atom stereocenters. The number of ether oxygens (including phenoxy) is 1. The smallest absolute Gasteiger partial charge is 0.196 e. The molecule has 5 heteroatoms. The molecule has 2 aromatic rings. The number of Topliss-reactive ketones (excluding diaryl/α,β-unsaturated/α-hetero) is 2. The molecule has 140 valence electrons. The molecule has 1 fully saturated rings. The number of nitrogens with zero attached hydrogens (tertiary/aromatic N) is 1. The minimum absolute atomic E-state index is 0.0521. The van der Waals surface area contributed by atoms with E-state index in [0.717, 1.165) is 36.1 Å². The maximum atomic E-state index is 13.3. The Morgan fingerprint density at radius 3 is 2.37 bits per heavy atom. The van der Waals surface area contributed by atoms with Gasteiger partial charge in [0.05, 0.1) is 12.8 Å². The van der Waals surface area contributed by atoms with Gasteiger partial charge in [-0.15, -0.1) is 0 Å². The van der Waals surface area contributed by atoms with Gasteiger partial charge in [-0.1, -0.05) is 31.4 Å². The standard InChI is InChI=1S/C22H23NO4/c1-14(24)19-20(25)18-12-16(15-6-8-17(27-2)9-7-15)13-23(18)22(21(19)26)10-4-3-5-11-22/h6-9,12-13,25H,3-5,10-11H2,1-2H3. The zero-order chi connectivity index (χ0) is 19.2. The summed E-state index contributed by atoms with van der Waals surface area (Å²) in [7, 11) is 1.62. The van der Waals surface area contributed by atoms with Gasteiger partial charge in [0.2, 0.25) is 0 Å². The minimum atomic E-state index is -0.758. The molecule has 0 atom stereocenters. The average molecular weight is 365 g/mol. The van der Waals surface area contributed by atoms with Gasteiger partial charge in [-0.2, -0.15) is 0 Å². The molecule has 27 heavy (non-hydrogen) atoms. The molecule has 4 rings (SSSR count). The molecule has 0 radical (unpaired) electrons. The van der Waals surface area contributed by atoms with E-state index in [-0.39, 0.29) is 22.9 Å². The molecule has 0 saturated heterocycles. The maximum absolute atomic E-state index is 13.3. The van der Waals surface area contributed by atoms with E-state index >= 15 is 0 Å². The highest BCUT2D eigenvalue weighted by Gasteiger charge is 2.49. The molecular weight excluding hydrogens is 342 g/mol. The number of benzene rings is 1. The second-order valence-electron chi connectivity index (χ2n) is 7.41. The Morgan fingerprint density at radius 1 is 1.11 bits per heavy atom. The van der Waals surface area contributed by atoms with Gasteiger partial charge in [0.15, 0.2) is 17.3 Å². The van der Waals surface area contributed by atoms with E-state index in [1.165, 1.54) is 6.92 Å². The summed E-state index contributed by atoms with van der Waals surface area (Å²) in [5.74, 6) is -0.0517. The molecule has 1 spiro atoms. The van der Waals surface area contributed by atoms with Gasteiger partial charge >= 0.3 is 0 Å². The summed E-state index contributed by atoms with van der Waals surface area (Å²) in [5, 5.41) is 10.7. The summed E-state index contributed by atoms with van der Waals surface area (Å²) in [6.45, 7) is 1.35. The van der Waals surface area contributed by atoms with Crippen molar-refractivity contribution in [2.24, 2.45) is 0 Å². The third kappa shape index (κ3) is 2.60. The van der Waals surface area contributed by atoms with Crippen LogP contribution in [0.3, 0.4) is 0 Å². The molecular formula is C22H23NO4. The molecule has 2 aliphatic rings. The Balaban J connectivity index is 1.90. The first-order chi connectivity index (χ1) is 13.0. The predicted molar refractivity (Wildman–Crippen MR) is 103 cm³/mol. The number of hydrogen-bond acceptors (Lipinski definition) is 4. The lowest BCUT2D eigenvalue weighted by Crippen LogP contribution is -2.48. The van der Waals surface area contributed by atoms with Crippen molar-refractivity contribution < 1.29 is 19.4 Å². The van der Waals surface area contributed by atoms with E-state index in [4.69, 9.17) is 4.74 Å². The van der Waals surface area contributed by atoms with Gasteiger partial charge in [-0.3, -0.25) is 9.59 Å². The van der Waals surface area contributed by atoms with Crippen molar-refractivity contribution in [2.75, 3.05) is 7.11 Å². The lowest BCUT2D eigenvalue weighted by atomic mass is 9.73. The van der Waals surface area contributed by atoms with Crippen molar-refractivity contribution >= 4 is 17.3 Å². The number of aromatic nitrogens is 1. The number of rotatable bonds is 3. The van der Waals surface area contributed by atoms with Crippen LogP contribution in [-0.2, 0) is 15.1 Å².